The van der Waals surface area contributed by atoms with Crippen LogP contribution < -0.4 is 5.32 Å². The molecule has 0 bridgehead atoms. The fraction of sp³-hybridized carbons (Fsp3) is 0.786. The van der Waals surface area contributed by atoms with Crippen molar-refractivity contribution >= 4 is 0 Å². The highest BCUT2D eigenvalue weighted by Gasteiger charge is 2.19. The molecule has 1 aromatic heterocycles. The molecule has 0 aromatic carbocycles. The summed E-state index contributed by atoms with van der Waals surface area (Å²) in [5.41, 5.74) is 2.50. The third-order valence-corrected chi connectivity index (χ3v) is 3.76. The van der Waals surface area contributed by atoms with Crippen LogP contribution in [-0.4, -0.2) is 27.0 Å². The van der Waals surface area contributed by atoms with Crippen molar-refractivity contribution in [3.63, 3.8) is 0 Å². The number of hydrogen-bond acceptors (Lipinski definition) is 3. The number of nitrogens with one attached hydrogen (secondary N) is 1. The van der Waals surface area contributed by atoms with Gasteiger partial charge in [0.05, 0.1) is 11.8 Å². The van der Waals surface area contributed by atoms with Gasteiger partial charge < -0.3 is 10.4 Å². The Hall–Kier alpha value is -0.870. The van der Waals surface area contributed by atoms with Gasteiger partial charge in [-0.25, -0.2) is 0 Å². The molecule has 1 heterocycles. The highest BCUT2D eigenvalue weighted by Crippen LogP contribution is 2.20. The Kier molecular flexibility index (Phi) is 4.40. The first-order valence-electron chi connectivity index (χ1n) is 7.00. The van der Waals surface area contributed by atoms with E-state index < -0.39 is 0 Å². The Morgan fingerprint density at radius 1 is 1.39 bits per heavy atom. The second-order valence-electron chi connectivity index (χ2n) is 5.75. The lowest BCUT2D eigenvalue weighted by Crippen LogP contribution is -2.34. The van der Waals surface area contributed by atoms with Gasteiger partial charge in [-0.2, -0.15) is 5.10 Å². The molecule has 2 rings (SSSR count). The van der Waals surface area contributed by atoms with E-state index in [4.69, 9.17) is 0 Å². The molecule has 0 radical (unpaired) electrons. The summed E-state index contributed by atoms with van der Waals surface area (Å²) in [6, 6.07) is 0.550. The smallest absolute Gasteiger partial charge is 0.0694 e. The van der Waals surface area contributed by atoms with Crippen LogP contribution >= 0.6 is 0 Å². The van der Waals surface area contributed by atoms with Crippen molar-refractivity contribution in [3.8, 4) is 0 Å². The van der Waals surface area contributed by atoms with E-state index >= 15 is 0 Å². The second kappa shape index (κ2) is 5.85. The van der Waals surface area contributed by atoms with Crippen LogP contribution in [0.2, 0.25) is 0 Å². The maximum Gasteiger partial charge on any atom is 0.0694 e. The summed E-state index contributed by atoms with van der Waals surface area (Å²) < 4.78 is 1.90. The summed E-state index contributed by atoms with van der Waals surface area (Å²) in [5.74, 6) is 0.469. The number of aryl methyl sites for hydroxylation is 1. The number of aromatic nitrogens is 2. The summed E-state index contributed by atoms with van der Waals surface area (Å²) >= 11 is 0. The lowest BCUT2D eigenvalue weighted by Gasteiger charge is -2.26. The zero-order valence-corrected chi connectivity index (χ0v) is 11.7. The van der Waals surface area contributed by atoms with Gasteiger partial charge in [-0.1, -0.05) is 13.8 Å². The van der Waals surface area contributed by atoms with Crippen LogP contribution in [-0.2, 0) is 13.6 Å². The molecular formula is C14H25N3O. The topological polar surface area (TPSA) is 50.1 Å². The number of nitrogens with zero attached hydrogens (tertiary/aromatic N) is 2. The Balaban J connectivity index is 1.90. The summed E-state index contributed by atoms with van der Waals surface area (Å²) in [5, 5.41) is 17.6. The van der Waals surface area contributed by atoms with Crippen molar-refractivity contribution in [1.29, 1.82) is 0 Å². The molecule has 0 aliphatic heterocycles. The molecule has 0 amide bonds. The van der Waals surface area contributed by atoms with Gasteiger partial charge in [-0.05, 0) is 31.6 Å². The van der Waals surface area contributed by atoms with E-state index in [-0.39, 0.29) is 6.10 Å². The predicted molar refractivity (Wildman–Crippen MR) is 72.4 cm³/mol. The van der Waals surface area contributed by atoms with Gasteiger partial charge >= 0.3 is 0 Å². The van der Waals surface area contributed by atoms with Gasteiger partial charge in [0.15, 0.2) is 0 Å². The largest absolute Gasteiger partial charge is 0.393 e. The third kappa shape index (κ3) is 3.33. The van der Waals surface area contributed by atoms with E-state index in [1.165, 1.54) is 11.3 Å². The van der Waals surface area contributed by atoms with Gasteiger partial charge in [0, 0.05) is 31.4 Å². The molecule has 18 heavy (non-hydrogen) atoms. The molecule has 1 saturated carbocycles. The summed E-state index contributed by atoms with van der Waals surface area (Å²) in [4.78, 5) is 0. The zero-order chi connectivity index (χ0) is 13.1. The van der Waals surface area contributed by atoms with Gasteiger partial charge in [0.2, 0.25) is 0 Å². The number of aliphatic hydroxyl groups excluding tert-OH is 1. The summed E-state index contributed by atoms with van der Waals surface area (Å²) in [6.45, 7) is 5.26. The average Bonchev–Trinajstić information content (AvgIpc) is 2.70. The maximum absolute atomic E-state index is 9.49. The molecule has 102 valence electrons. The van der Waals surface area contributed by atoms with E-state index in [0.29, 0.717) is 12.0 Å². The molecule has 4 heteroatoms. The molecule has 0 spiro atoms. The Morgan fingerprint density at radius 3 is 2.67 bits per heavy atom. The van der Waals surface area contributed by atoms with Crippen molar-refractivity contribution in [2.24, 2.45) is 7.05 Å². The SMILES string of the molecule is CC(C)c1nn(C)cc1CNC1CCC(O)CC1. The number of rotatable bonds is 4. The molecule has 0 atom stereocenters. The first-order chi connectivity index (χ1) is 8.56. The number of hydrogen-bond donors (Lipinski definition) is 2. The van der Waals surface area contributed by atoms with Gasteiger partial charge in [0.25, 0.3) is 0 Å². The second-order valence-corrected chi connectivity index (χ2v) is 5.75. The van der Waals surface area contributed by atoms with Crippen molar-refractivity contribution < 1.29 is 5.11 Å². The van der Waals surface area contributed by atoms with E-state index in [0.717, 1.165) is 32.2 Å². The molecule has 1 aliphatic carbocycles. The maximum atomic E-state index is 9.49. The molecule has 1 aromatic rings. The Labute approximate surface area is 109 Å². The molecule has 1 aliphatic rings. The van der Waals surface area contributed by atoms with Crippen molar-refractivity contribution in [3.05, 3.63) is 17.5 Å². The van der Waals surface area contributed by atoms with Crippen LogP contribution in [0.5, 0.6) is 0 Å². The van der Waals surface area contributed by atoms with E-state index in [9.17, 15) is 5.11 Å². The van der Waals surface area contributed by atoms with E-state index in [1.54, 1.807) is 0 Å². The Bertz CT molecular complexity index is 378. The summed E-state index contributed by atoms with van der Waals surface area (Å²) in [7, 11) is 1.98. The fourth-order valence-electron chi connectivity index (χ4n) is 2.71. The van der Waals surface area contributed by atoms with Crippen LogP contribution in [0.15, 0.2) is 6.20 Å². The lowest BCUT2D eigenvalue weighted by molar-refractivity contribution is 0.116. The number of aliphatic hydroxyl groups is 1. The first kappa shape index (κ1) is 13.6. The van der Waals surface area contributed by atoms with Gasteiger partial charge in [-0.3, -0.25) is 4.68 Å². The van der Waals surface area contributed by atoms with Crippen LogP contribution in [0.1, 0.15) is 56.7 Å². The van der Waals surface area contributed by atoms with Crippen LogP contribution in [0.3, 0.4) is 0 Å². The van der Waals surface area contributed by atoms with Crippen LogP contribution in [0.4, 0.5) is 0 Å². The van der Waals surface area contributed by atoms with Gasteiger partial charge in [0.1, 0.15) is 0 Å². The van der Waals surface area contributed by atoms with Gasteiger partial charge in [-0.15, -0.1) is 0 Å². The zero-order valence-electron chi connectivity index (χ0n) is 11.7. The fourth-order valence-corrected chi connectivity index (χ4v) is 2.71. The minimum atomic E-state index is -0.0762. The van der Waals surface area contributed by atoms with Crippen LogP contribution in [0, 0.1) is 0 Å². The quantitative estimate of drug-likeness (QED) is 0.860. The third-order valence-electron chi connectivity index (χ3n) is 3.76. The van der Waals surface area contributed by atoms with Crippen LogP contribution in [0.25, 0.3) is 0 Å². The lowest BCUT2D eigenvalue weighted by atomic mass is 9.93. The average molecular weight is 251 g/mol. The van der Waals surface area contributed by atoms with Crippen molar-refractivity contribution in [2.75, 3.05) is 0 Å². The van der Waals surface area contributed by atoms with Crippen molar-refractivity contribution in [1.82, 2.24) is 15.1 Å². The van der Waals surface area contributed by atoms with E-state index in [1.807, 2.05) is 11.7 Å². The molecule has 2 N–H and O–H groups in total. The monoisotopic (exact) mass is 251 g/mol. The molecule has 1 fully saturated rings. The minimum Gasteiger partial charge on any atom is -0.393 e. The molecule has 0 saturated heterocycles. The highest BCUT2D eigenvalue weighted by atomic mass is 16.3. The normalized spacial score (nSPS) is 24.7. The molecule has 0 unspecified atom stereocenters. The molecular weight excluding hydrogens is 226 g/mol. The summed E-state index contributed by atoms with van der Waals surface area (Å²) in [6.07, 6.45) is 6.06. The first-order valence-corrected chi connectivity index (χ1v) is 7.00. The van der Waals surface area contributed by atoms with E-state index in [2.05, 4.69) is 30.5 Å². The molecule has 4 nitrogen and oxygen atoms in total. The standard InChI is InChI=1S/C14H25N3O/c1-10(2)14-11(9-17(3)16-14)8-15-12-4-6-13(18)7-5-12/h9-10,12-13,15,18H,4-8H2,1-3H3. The minimum absolute atomic E-state index is 0.0762. The highest BCUT2D eigenvalue weighted by molar-refractivity contribution is 5.20. The predicted octanol–water partition coefficient (Wildman–Crippen LogP) is 1.94. The Morgan fingerprint density at radius 2 is 2.06 bits per heavy atom. The van der Waals surface area contributed by atoms with Crippen molar-refractivity contribution in [2.45, 2.75) is 64.1 Å².